The number of nitrogens with zero attached hydrogens (tertiary/aromatic N) is 4. The second-order valence-electron chi connectivity index (χ2n) is 10.2. The van der Waals surface area contributed by atoms with Crippen LogP contribution in [-0.2, 0) is 27.9 Å². The number of pyridine rings is 1. The molecule has 0 radical (unpaired) electrons. The summed E-state index contributed by atoms with van der Waals surface area (Å²) in [6, 6.07) is 17.2. The van der Waals surface area contributed by atoms with Gasteiger partial charge in [0.1, 0.15) is 17.9 Å². The molecule has 1 aliphatic heterocycles. The minimum Gasteiger partial charge on any atom is -0.382 e. The molecule has 2 aromatic heterocycles. The summed E-state index contributed by atoms with van der Waals surface area (Å²) in [6.45, 7) is 8.86. The summed E-state index contributed by atoms with van der Waals surface area (Å²) in [5, 5.41) is 0. The molecule has 0 saturated carbocycles. The van der Waals surface area contributed by atoms with Crippen LogP contribution in [0.25, 0.3) is 22.2 Å². The quantitative estimate of drug-likeness (QED) is 0.304. The number of piperidine rings is 1. The lowest BCUT2D eigenvalue weighted by molar-refractivity contribution is 0.125. The number of nitrogens with two attached hydrogens (primary N) is 1. The van der Waals surface area contributed by atoms with Crippen LogP contribution < -0.4 is 5.73 Å². The number of fused-ring (bicyclic) bond motifs is 1. The first-order valence-corrected chi connectivity index (χ1v) is 15.1. The van der Waals surface area contributed by atoms with E-state index in [9.17, 15) is 8.42 Å². The number of aryl methyl sites for hydroxylation is 3. The Balaban J connectivity index is 1.26. The molecule has 0 aliphatic carbocycles. The maximum Gasteiger partial charge on any atom is 0.243 e. The first-order valence-electron chi connectivity index (χ1n) is 13.6. The molecule has 8 nitrogen and oxygen atoms in total. The lowest BCUT2D eigenvalue weighted by atomic mass is 9.94. The molecule has 0 amide bonds. The average molecular weight is 548 g/mol. The third-order valence-corrected chi connectivity index (χ3v) is 9.76. The van der Waals surface area contributed by atoms with Crippen molar-refractivity contribution in [1.82, 2.24) is 18.8 Å². The van der Waals surface area contributed by atoms with Crippen molar-refractivity contribution in [3.63, 3.8) is 0 Å². The van der Waals surface area contributed by atoms with Gasteiger partial charge in [-0.2, -0.15) is 4.31 Å². The van der Waals surface area contributed by atoms with Gasteiger partial charge in [0.2, 0.25) is 10.0 Å². The SMILES string of the molecule is CCOCc1nc2c(N)nc(C)c(C)c2n1CCC1CCN(S(=O)(=O)c2ccc(-c3ccccc3)cc2)CC1. The predicted molar refractivity (Wildman–Crippen MR) is 155 cm³/mol. The highest BCUT2D eigenvalue weighted by Crippen LogP contribution is 2.30. The van der Waals surface area contributed by atoms with Gasteiger partial charge in [0.05, 0.1) is 10.4 Å². The summed E-state index contributed by atoms with van der Waals surface area (Å²) in [5.41, 5.74) is 12.0. The molecular formula is C30H37N5O3S. The van der Waals surface area contributed by atoms with Crippen molar-refractivity contribution in [2.75, 3.05) is 25.4 Å². The van der Waals surface area contributed by atoms with E-state index in [1.165, 1.54) is 0 Å². The van der Waals surface area contributed by atoms with E-state index in [0.717, 1.165) is 65.0 Å². The molecule has 3 heterocycles. The van der Waals surface area contributed by atoms with Crippen LogP contribution >= 0.6 is 0 Å². The van der Waals surface area contributed by atoms with Gasteiger partial charge in [-0.3, -0.25) is 0 Å². The number of imidazole rings is 1. The predicted octanol–water partition coefficient (Wildman–Crippen LogP) is 5.32. The van der Waals surface area contributed by atoms with Gasteiger partial charge in [0, 0.05) is 31.9 Å². The van der Waals surface area contributed by atoms with Crippen molar-refractivity contribution in [3.8, 4) is 11.1 Å². The highest BCUT2D eigenvalue weighted by Gasteiger charge is 2.29. The van der Waals surface area contributed by atoms with Gasteiger partial charge in [0.15, 0.2) is 5.82 Å². The normalized spacial score (nSPS) is 15.3. The zero-order chi connectivity index (χ0) is 27.6. The molecule has 9 heteroatoms. The number of nitrogen functional groups attached to an aromatic ring is 1. The molecule has 0 unspecified atom stereocenters. The van der Waals surface area contributed by atoms with E-state index in [1.807, 2.05) is 56.3 Å². The van der Waals surface area contributed by atoms with E-state index < -0.39 is 10.0 Å². The molecule has 0 bridgehead atoms. The molecule has 2 aromatic carbocycles. The Kier molecular flexibility index (Phi) is 8.02. The number of benzene rings is 2. The molecule has 206 valence electrons. The minimum atomic E-state index is -3.52. The van der Waals surface area contributed by atoms with E-state index in [4.69, 9.17) is 15.5 Å². The molecule has 4 aromatic rings. The molecule has 1 fully saturated rings. The topological polar surface area (TPSA) is 103 Å². The Hall–Kier alpha value is -3.27. The van der Waals surface area contributed by atoms with Crippen molar-refractivity contribution in [1.29, 1.82) is 0 Å². The van der Waals surface area contributed by atoms with Crippen molar-refractivity contribution >= 4 is 26.9 Å². The van der Waals surface area contributed by atoms with E-state index in [-0.39, 0.29) is 0 Å². The van der Waals surface area contributed by atoms with Crippen LogP contribution in [0.4, 0.5) is 5.82 Å². The summed E-state index contributed by atoms with van der Waals surface area (Å²) in [4.78, 5) is 9.59. The van der Waals surface area contributed by atoms with E-state index >= 15 is 0 Å². The zero-order valence-electron chi connectivity index (χ0n) is 22.9. The molecule has 5 rings (SSSR count). The average Bonchev–Trinajstić information content (AvgIpc) is 3.33. The van der Waals surface area contributed by atoms with Crippen LogP contribution in [0.2, 0.25) is 0 Å². The third-order valence-electron chi connectivity index (χ3n) is 7.84. The fraction of sp³-hybridized carbons (Fsp3) is 0.400. The van der Waals surface area contributed by atoms with Crippen LogP contribution in [-0.4, -0.2) is 47.0 Å². The van der Waals surface area contributed by atoms with Crippen LogP contribution in [0.1, 0.15) is 43.3 Å². The Morgan fingerprint density at radius 2 is 1.64 bits per heavy atom. The Bertz CT molecular complexity index is 1540. The summed E-state index contributed by atoms with van der Waals surface area (Å²) in [5.74, 6) is 1.72. The summed E-state index contributed by atoms with van der Waals surface area (Å²) < 4.78 is 36.3. The highest BCUT2D eigenvalue weighted by molar-refractivity contribution is 7.89. The highest BCUT2D eigenvalue weighted by atomic mass is 32.2. The first-order chi connectivity index (χ1) is 18.8. The molecule has 2 N–H and O–H groups in total. The summed E-state index contributed by atoms with van der Waals surface area (Å²) >= 11 is 0. The monoisotopic (exact) mass is 547 g/mol. The van der Waals surface area contributed by atoms with E-state index in [1.54, 1.807) is 16.4 Å². The Morgan fingerprint density at radius 3 is 2.31 bits per heavy atom. The molecule has 39 heavy (non-hydrogen) atoms. The number of hydrogen-bond acceptors (Lipinski definition) is 6. The molecular weight excluding hydrogens is 510 g/mol. The fourth-order valence-electron chi connectivity index (χ4n) is 5.44. The number of ether oxygens (including phenoxy) is 1. The fourth-order valence-corrected chi connectivity index (χ4v) is 6.91. The Morgan fingerprint density at radius 1 is 0.974 bits per heavy atom. The van der Waals surface area contributed by atoms with Crippen molar-refractivity contribution < 1.29 is 13.2 Å². The standard InChI is InChI=1S/C30H37N5O3S/c1-4-38-20-27-33-28-29(21(2)22(3)32-30(28)31)35(27)19-16-23-14-17-34(18-15-23)39(36,37)26-12-10-25(11-13-26)24-8-6-5-7-9-24/h5-13,23H,4,14-20H2,1-3H3,(H2,31,32). The van der Waals surface area contributed by atoms with Gasteiger partial charge in [-0.15, -0.1) is 0 Å². The maximum absolute atomic E-state index is 13.4. The van der Waals surface area contributed by atoms with Crippen LogP contribution in [0.3, 0.4) is 0 Å². The largest absolute Gasteiger partial charge is 0.382 e. The van der Waals surface area contributed by atoms with Crippen molar-refractivity contribution in [2.24, 2.45) is 5.92 Å². The second kappa shape index (κ2) is 11.5. The smallest absolute Gasteiger partial charge is 0.243 e. The molecule has 1 aliphatic rings. The van der Waals surface area contributed by atoms with Gasteiger partial charge in [0.25, 0.3) is 0 Å². The number of aromatic nitrogens is 3. The number of sulfonamides is 1. The number of rotatable bonds is 9. The van der Waals surface area contributed by atoms with Crippen LogP contribution in [0.15, 0.2) is 59.5 Å². The van der Waals surface area contributed by atoms with Crippen molar-refractivity contribution in [2.45, 2.75) is 58.1 Å². The first kappa shape index (κ1) is 27.3. The summed E-state index contributed by atoms with van der Waals surface area (Å²) in [6.07, 6.45) is 2.60. The molecule has 0 spiro atoms. The van der Waals surface area contributed by atoms with Crippen LogP contribution in [0, 0.1) is 19.8 Å². The number of hydrogen-bond donors (Lipinski definition) is 1. The van der Waals surface area contributed by atoms with Crippen LogP contribution in [0.5, 0.6) is 0 Å². The Labute approximate surface area is 230 Å². The lowest BCUT2D eigenvalue weighted by Gasteiger charge is -2.31. The molecule has 1 saturated heterocycles. The lowest BCUT2D eigenvalue weighted by Crippen LogP contribution is -2.38. The van der Waals surface area contributed by atoms with Gasteiger partial charge >= 0.3 is 0 Å². The van der Waals surface area contributed by atoms with E-state index in [0.29, 0.717) is 42.9 Å². The minimum absolute atomic E-state index is 0.350. The number of anilines is 1. The second-order valence-corrected chi connectivity index (χ2v) is 12.2. The van der Waals surface area contributed by atoms with Gasteiger partial charge in [-0.1, -0.05) is 42.5 Å². The van der Waals surface area contributed by atoms with E-state index in [2.05, 4.69) is 16.5 Å². The van der Waals surface area contributed by atoms with Crippen molar-refractivity contribution in [3.05, 3.63) is 71.7 Å². The van der Waals surface area contributed by atoms with Gasteiger partial charge in [-0.25, -0.2) is 18.4 Å². The third kappa shape index (κ3) is 5.57. The van der Waals surface area contributed by atoms with Gasteiger partial charge < -0.3 is 15.0 Å². The zero-order valence-corrected chi connectivity index (χ0v) is 23.7. The molecule has 0 atom stereocenters. The summed E-state index contributed by atoms with van der Waals surface area (Å²) in [7, 11) is -3.52. The maximum atomic E-state index is 13.4. The van der Waals surface area contributed by atoms with Gasteiger partial charge in [-0.05, 0) is 74.8 Å².